The van der Waals surface area contributed by atoms with E-state index in [0.717, 1.165) is 6.54 Å². The van der Waals surface area contributed by atoms with Gasteiger partial charge in [0, 0.05) is 6.54 Å². The number of nitrogens with zero attached hydrogens (tertiary/aromatic N) is 3. The van der Waals surface area contributed by atoms with Gasteiger partial charge in [0.05, 0.1) is 13.1 Å². The molecule has 0 unspecified atom stereocenters. The molecule has 0 radical (unpaired) electrons. The van der Waals surface area contributed by atoms with Gasteiger partial charge in [-0.2, -0.15) is 4.98 Å². The molecule has 1 heterocycles. The smallest absolute Gasteiger partial charge is 0.240 e. The van der Waals surface area contributed by atoms with Crippen molar-refractivity contribution in [3.05, 3.63) is 11.7 Å². The molecule has 0 aromatic carbocycles. The predicted molar refractivity (Wildman–Crippen MR) is 58.7 cm³/mol. The van der Waals surface area contributed by atoms with Gasteiger partial charge in [-0.1, -0.05) is 12.1 Å². The zero-order valence-electron chi connectivity index (χ0n) is 9.99. The first-order valence-electron chi connectivity index (χ1n) is 5.44. The van der Waals surface area contributed by atoms with Crippen LogP contribution < -0.4 is 5.32 Å². The average molecular weight is 226 g/mol. The van der Waals surface area contributed by atoms with Crippen LogP contribution in [0.25, 0.3) is 0 Å². The molecule has 0 bridgehead atoms. The van der Waals surface area contributed by atoms with Crippen LogP contribution in [0.2, 0.25) is 0 Å². The maximum Gasteiger partial charge on any atom is 0.240 e. The molecule has 0 aliphatic heterocycles. The van der Waals surface area contributed by atoms with E-state index in [0.29, 0.717) is 31.3 Å². The van der Waals surface area contributed by atoms with E-state index in [1.54, 1.807) is 6.92 Å². The van der Waals surface area contributed by atoms with Crippen molar-refractivity contribution >= 4 is 5.91 Å². The Balaban J connectivity index is 2.45. The van der Waals surface area contributed by atoms with E-state index in [1.807, 2.05) is 18.7 Å². The van der Waals surface area contributed by atoms with Crippen molar-refractivity contribution in [3.8, 4) is 0 Å². The molecule has 0 spiro atoms. The van der Waals surface area contributed by atoms with Crippen molar-refractivity contribution in [2.24, 2.45) is 0 Å². The van der Waals surface area contributed by atoms with Gasteiger partial charge in [-0.05, 0) is 20.4 Å². The number of aromatic nitrogens is 2. The summed E-state index contributed by atoms with van der Waals surface area (Å²) >= 11 is 0. The van der Waals surface area contributed by atoms with Crippen molar-refractivity contribution in [1.82, 2.24) is 20.4 Å². The van der Waals surface area contributed by atoms with E-state index in [1.165, 1.54) is 0 Å². The Morgan fingerprint density at radius 1 is 1.50 bits per heavy atom. The highest BCUT2D eigenvalue weighted by molar-refractivity contribution is 5.77. The minimum atomic E-state index is 0.0144. The second-order valence-electron chi connectivity index (χ2n) is 3.49. The van der Waals surface area contributed by atoms with Gasteiger partial charge in [-0.15, -0.1) is 0 Å². The van der Waals surface area contributed by atoms with E-state index in [4.69, 9.17) is 4.52 Å². The Kier molecular flexibility index (Phi) is 4.91. The summed E-state index contributed by atoms with van der Waals surface area (Å²) in [4.78, 5) is 17.4. The van der Waals surface area contributed by atoms with Crippen LogP contribution in [-0.4, -0.2) is 40.6 Å². The number of hydrogen-bond donors (Lipinski definition) is 1. The van der Waals surface area contributed by atoms with Gasteiger partial charge in [-0.3, -0.25) is 9.69 Å². The molecule has 0 fully saturated rings. The fourth-order valence-electron chi connectivity index (χ4n) is 1.33. The number of hydrogen-bond acceptors (Lipinski definition) is 5. The van der Waals surface area contributed by atoms with Gasteiger partial charge in [0.15, 0.2) is 5.82 Å². The molecule has 0 saturated carbocycles. The van der Waals surface area contributed by atoms with Crippen molar-refractivity contribution in [3.63, 3.8) is 0 Å². The number of likely N-dealkylation sites (N-methyl/N-ethyl adjacent to an activating group) is 2. The summed E-state index contributed by atoms with van der Waals surface area (Å²) in [5, 5.41) is 6.46. The average Bonchev–Trinajstić information content (AvgIpc) is 2.63. The van der Waals surface area contributed by atoms with Crippen molar-refractivity contribution < 1.29 is 9.32 Å². The van der Waals surface area contributed by atoms with E-state index >= 15 is 0 Å². The third kappa shape index (κ3) is 3.98. The number of carbonyl (C=O) groups excluding carboxylic acids is 1. The Bertz CT molecular complexity index is 337. The maximum absolute atomic E-state index is 11.4. The van der Waals surface area contributed by atoms with Crippen molar-refractivity contribution in [1.29, 1.82) is 0 Å². The van der Waals surface area contributed by atoms with Crippen LogP contribution in [0.3, 0.4) is 0 Å². The Labute approximate surface area is 95.0 Å². The lowest BCUT2D eigenvalue weighted by atomic mass is 10.4. The van der Waals surface area contributed by atoms with Crippen LogP contribution >= 0.6 is 0 Å². The Hall–Kier alpha value is -1.43. The van der Waals surface area contributed by atoms with E-state index in [-0.39, 0.29) is 5.91 Å². The number of aryl methyl sites for hydroxylation is 1. The number of nitrogens with one attached hydrogen (secondary N) is 1. The molecule has 0 aliphatic carbocycles. The summed E-state index contributed by atoms with van der Waals surface area (Å²) in [5.41, 5.74) is 0. The quantitative estimate of drug-likeness (QED) is 0.757. The first-order chi connectivity index (χ1) is 7.65. The van der Waals surface area contributed by atoms with Crippen LogP contribution in [0, 0.1) is 6.92 Å². The minimum Gasteiger partial charge on any atom is -0.355 e. The lowest BCUT2D eigenvalue weighted by Gasteiger charge is -2.17. The molecular weight excluding hydrogens is 208 g/mol. The standard InChI is InChI=1S/C10H18N4O2/c1-4-11-9(15)6-14(5-2)7-10-12-8(3)13-16-10/h4-7H2,1-3H3,(H,11,15). The summed E-state index contributed by atoms with van der Waals surface area (Å²) in [6.45, 7) is 7.93. The monoisotopic (exact) mass is 226 g/mol. The lowest BCUT2D eigenvalue weighted by Crippen LogP contribution is -2.36. The first kappa shape index (κ1) is 12.6. The van der Waals surface area contributed by atoms with Crippen molar-refractivity contribution in [2.45, 2.75) is 27.3 Å². The van der Waals surface area contributed by atoms with Crippen LogP contribution in [-0.2, 0) is 11.3 Å². The molecule has 0 saturated heterocycles. The van der Waals surface area contributed by atoms with Crippen LogP contribution in [0.15, 0.2) is 4.52 Å². The van der Waals surface area contributed by atoms with Crippen LogP contribution in [0.1, 0.15) is 25.6 Å². The molecule has 0 aliphatic rings. The van der Waals surface area contributed by atoms with E-state index in [2.05, 4.69) is 15.5 Å². The van der Waals surface area contributed by atoms with Gasteiger partial charge in [-0.25, -0.2) is 0 Å². The highest BCUT2D eigenvalue weighted by atomic mass is 16.5. The van der Waals surface area contributed by atoms with Gasteiger partial charge in [0.1, 0.15) is 0 Å². The number of amides is 1. The summed E-state index contributed by atoms with van der Waals surface area (Å²) < 4.78 is 5.00. The molecule has 1 aromatic heterocycles. The zero-order chi connectivity index (χ0) is 12.0. The van der Waals surface area contributed by atoms with Crippen molar-refractivity contribution in [2.75, 3.05) is 19.6 Å². The normalized spacial score (nSPS) is 10.8. The summed E-state index contributed by atoms with van der Waals surface area (Å²) in [5.74, 6) is 1.17. The molecule has 1 N–H and O–H groups in total. The Morgan fingerprint density at radius 2 is 2.25 bits per heavy atom. The van der Waals surface area contributed by atoms with Crippen LogP contribution in [0.4, 0.5) is 0 Å². The molecule has 0 atom stereocenters. The topological polar surface area (TPSA) is 71.3 Å². The van der Waals surface area contributed by atoms with E-state index < -0.39 is 0 Å². The highest BCUT2D eigenvalue weighted by Crippen LogP contribution is 2.01. The number of rotatable bonds is 6. The number of carbonyl (C=O) groups is 1. The Morgan fingerprint density at radius 3 is 2.75 bits per heavy atom. The maximum atomic E-state index is 11.4. The predicted octanol–water partition coefficient (Wildman–Crippen LogP) is 0.336. The fraction of sp³-hybridized carbons (Fsp3) is 0.700. The minimum absolute atomic E-state index is 0.0144. The molecule has 1 aromatic rings. The first-order valence-corrected chi connectivity index (χ1v) is 5.44. The second-order valence-corrected chi connectivity index (χ2v) is 3.49. The third-order valence-corrected chi connectivity index (χ3v) is 2.12. The fourth-order valence-corrected chi connectivity index (χ4v) is 1.33. The van der Waals surface area contributed by atoms with E-state index in [9.17, 15) is 4.79 Å². The SMILES string of the molecule is CCNC(=O)CN(CC)Cc1nc(C)no1. The molecular formula is C10H18N4O2. The van der Waals surface area contributed by atoms with Gasteiger partial charge >= 0.3 is 0 Å². The zero-order valence-corrected chi connectivity index (χ0v) is 9.99. The largest absolute Gasteiger partial charge is 0.355 e. The van der Waals surface area contributed by atoms with Crippen LogP contribution in [0.5, 0.6) is 0 Å². The van der Waals surface area contributed by atoms with Gasteiger partial charge in [0.25, 0.3) is 0 Å². The summed E-state index contributed by atoms with van der Waals surface area (Å²) in [6, 6.07) is 0. The third-order valence-electron chi connectivity index (χ3n) is 2.12. The lowest BCUT2D eigenvalue weighted by molar-refractivity contribution is -0.122. The second kappa shape index (κ2) is 6.22. The summed E-state index contributed by atoms with van der Waals surface area (Å²) in [6.07, 6.45) is 0. The molecule has 90 valence electrons. The molecule has 6 nitrogen and oxygen atoms in total. The molecule has 1 amide bonds. The molecule has 6 heteroatoms. The summed E-state index contributed by atoms with van der Waals surface area (Å²) in [7, 11) is 0. The molecule has 16 heavy (non-hydrogen) atoms. The molecule has 1 rings (SSSR count). The van der Waals surface area contributed by atoms with Gasteiger partial charge < -0.3 is 9.84 Å². The highest BCUT2D eigenvalue weighted by Gasteiger charge is 2.12. The van der Waals surface area contributed by atoms with Gasteiger partial charge in [0.2, 0.25) is 11.8 Å².